The van der Waals surface area contributed by atoms with Crippen molar-refractivity contribution in [3.8, 4) is 0 Å². The third-order valence-electron chi connectivity index (χ3n) is 3.57. The number of rotatable bonds is 9. The third-order valence-corrected chi connectivity index (χ3v) is 4.87. The summed E-state index contributed by atoms with van der Waals surface area (Å²) in [6.45, 7) is 11.3. The van der Waals surface area contributed by atoms with Gasteiger partial charge >= 0.3 is 5.97 Å². The lowest BCUT2D eigenvalue weighted by atomic mass is 9.94. The number of aliphatic carboxylic acids is 1. The first-order chi connectivity index (χ1) is 12.2. The van der Waals surface area contributed by atoms with Gasteiger partial charge in [-0.25, -0.2) is 18.4 Å². The van der Waals surface area contributed by atoms with Gasteiger partial charge in [-0.3, -0.25) is 0 Å². The van der Waals surface area contributed by atoms with E-state index in [4.69, 9.17) is 10.2 Å². The Labute approximate surface area is 156 Å². The van der Waals surface area contributed by atoms with Crippen LogP contribution < -0.4 is 15.8 Å². The fourth-order valence-corrected chi connectivity index (χ4v) is 3.22. The van der Waals surface area contributed by atoms with Crippen molar-refractivity contribution < 1.29 is 18.3 Å². The SMILES string of the molecule is C=C/C=C\NC=C.CCCCNC1=CC(C(=O)O)=CC(S(N)(=O)=O)C1C. The molecule has 0 aromatic heterocycles. The van der Waals surface area contributed by atoms with Gasteiger partial charge in [-0.1, -0.05) is 39.5 Å². The van der Waals surface area contributed by atoms with Crippen LogP contribution in [0.25, 0.3) is 0 Å². The quantitative estimate of drug-likeness (QED) is 0.357. The zero-order chi connectivity index (χ0) is 20.2. The number of hydrogen-bond donors (Lipinski definition) is 4. The number of carboxylic acid groups (broad SMARTS) is 1. The molecule has 1 aliphatic carbocycles. The highest BCUT2D eigenvalue weighted by Crippen LogP contribution is 2.26. The van der Waals surface area contributed by atoms with Crippen LogP contribution in [0.2, 0.25) is 0 Å². The maximum atomic E-state index is 11.5. The van der Waals surface area contributed by atoms with Crippen LogP contribution in [0.5, 0.6) is 0 Å². The van der Waals surface area contributed by atoms with E-state index in [0.717, 1.165) is 12.8 Å². The predicted octanol–water partition coefficient (Wildman–Crippen LogP) is 2.00. The standard InChI is InChI=1S/C12H20N2O4S.C6H9N/c1-3-4-5-14-10-6-9(12(15)16)7-11(8(10)2)19(13,17)18;1-3-5-6-7-4-2/h6-8,11,14H,3-5H2,1-2H3,(H,15,16)(H2,13,17,18);3-7H,1-2H2/b;6-5-. The van der Waals surface area contributed by atoms with Gasteiger partial charge in [0.2, 0.25) is 10.0 Å². The highest BCUT2D eigenvalue weighted by Gasteiger charge is 2.33. The molecule has 0 saturated heterocycles. The third kappa shape index (κ3) is 8.68. The molecule has 0 aromatic carbocycles. The molecule has 1 rings (SSSR count). The second-order valence-corrected chi connectivity index (χ2v) is 7.34. The number of sulfonamides is 1. The summed E-state index contributed by atoms with van der Waals surface area (Å²) in [5.74, 6) is -1.54. The first-order valence-electron chi connectivity index (χ1n) is 8.25. The Morgan fingerprint density at radius 3 is 2.54 bits per heavy atom. The van der Waals surface area contributed by atoms with Crippen molar-refractivity contribution in [1.82, 2.24) is 10.6 Å². The molecule has 5 N–H and O–H groups in total. The molecule has 0 aliphatic heterocycles. The van der Waals surface area contributed by atoms with Gasteiger partial charge < -0.3 is 15.7 Å². The van der Waals surface area contributed by atoms with Crippen molar-refractivity contribution in [2.24, 2.45) is 11.1 Å². The number of allylic oxidation sites excluding steroid dienone is 3. The van der Waals surface area contributed by atoms with Crippen LogP contribution in [0.3, 0.4) is 0 Å². The minimum atomic E-state index is -3.83. The molecule has 26 heavy (non-hydrogen) atoms. The maximum absolute atomic E-state index is 11.5. The van der Waals surface area contributed by atoms with Crippen molar-refractivity contribution in [1.29, 1.82) is 0 Å². The molecule has 0 amide bonds. The second-order valence-electron chi connectivity index (χ2n) is 5.62. The first kappa shape index (κ1) is 23.7. The van der Waals surface area contributed by atoms with Crippen molar-refractivity contribution >= 4 is 16.0 Å². The summed E-state index contributed by atoms with van der Waals surface area (Å²) in [6.07, 6.45) is 11.4. The van der Waals surface area contributed by atoms with Gasteiger partial charge in [0.15, 0.2) is 0 Å². The molecule has 0 heterocycles. The number of primary sulfonamides is 1. The van der Waals surface area contributed by atoms with Crippen LogP contribution in [0.1, 0.15) is 26.7 Å². The lowest BCUT2D eigenvalue weighted by Gasteiger charge is -2.27. The number of unbranched alkanes of at least 4 members (excludes halogenated alkanes) is 1. The van der Waals surface area contributed by atoms with E-state index in [1.807, 2.05) is 6.92 Å². The van der Waals surface area contributed by atoms with Gasteiger partial charge in [0, 0.05) is 24.4 Å². The van der Waals surface area contributed by atoms with E-state index in [1.165, 1.54) is 12.2 Å². The molecule has 0 spiro atoms. The summed E-state index contributed by atoms with van der Waals surface area (Å²) >= 11 is 0. The average molecular weight is 384 g/mol. The number of nitrogens with one attached hydrogen (secondary N) is 2. The summed E-state index contributed by atoms with van der Waals surface area (Å²) in [7, 11) is -3.83. The van der Waals surface area contributed by atoms with Crippen LogP contribution >= 0.6 is 0 Å². The Hall–Kier alpha value is -2.32. The molecular formula is C18H29N3O4S. The van der Waals surface area contributed by atoms with Gasteiger partial charge in [-0.2, -0.15) is 0 Å². The van der Waals surface area contributed by atoms with Crippen molar-refractivity contribution in [2.45, 2.75) is 31.9 Å². The largest absolute Gasteiger partial charge is 0.478 e. The summed E-state index contributed by atoms with van der Waals surface area (Å²) in [5.41, 5.74) is 0.559. The zero-order valence-corrected chi connectivity index (χ0v) is 16.1. The van der Waals surface area contributed by atoms with E-state index in [9.17, 15) is 13.2 Å². The Morgan fingerprint density at radius 2 is 2.08 bits per heavy atom. The summed E-state index contributed by atoms with van der Waals surface area (Å²) < 4.78 is 23.1. The molecule has 8 heteroatoms. The van der Waals surface area contributed by atoms with Gasteiger partial charge in [0.25, 0.3) is 0 Å². The Morgan fingerprint density at radius 1 is 1.42 bits per heavy atom. The van der Waals surface area contributed by atoms with Gasteiger partial charge in [-0.05, 0) is 30.8 Å². The maximum Gasteiger partial charge on any atom is 0.335 e. The highest BCUT2D eigenvalue weighted by molar-refractivity contribution is 7.90. The number of nitrogens with two attached hydrogens (primary N) is 1. The molecule has 0 bridgehead atoms. The zero-order valence-electron chi connectivity index (χ0n) is 15.3. The fourth-order valence-electron chi connectivity index (χ4n) is 2.17. The summed E-state index contributed by atoms with van der Waals surface area (Å²) in [4.78, 5) is 11.0. The van der Waals surface area contributed by atoms with E-state index in [0.29, 0.717) is 12.2 Å². The van der Waals surface area contributed by atoms with Crippen molar-refractivity contribution in [3.05, 3.63) is 61.1 Å². The molecule has 0 fully saturated rings. The van der Waals surface area contributed by atoms with Gasteiger partial charge in [0.1, 0.15) is 5.25 Å². The molecular weight excluding hydrogens is 354 g/mol. The minimum Gasteiger partial charge on any atom is -0.478 e. The normalized spacial score (nSPS) is 19.5. The van der Waals surface area contributed by atoms with Crippen LogP contribution in [0.4, 0.5) is 0 Å². The number of carboxylic acids is 1. The Balaban J connectivity index is 0.000000758. The minimum absolute atomic E-state index is 0.0453. The average Bonchev–Trinajstić information content (AvgIpc) is 2.56. The van der Waals surface area contributed by atoms with Crippen LogP contribution in [-0.4, -0.2) is 31.3 Å². The van der Waals surface area contributed by atoms with Crippen molar-refractivity contribution in [2.75, 3.05) is 6.54 Å². The Kier molecular flexibility index (Phi) is 11.0. The number of carbonyl (C=O) groups is 1. The monoisotopic (exact) mass is 383 g/mol. The molecule has 2 unspecified atom stereocenters. The second kappa shape index (κ2) is 12.1. The molecule has 7 nitrogen and oxygen atoms in total. The molecule has 146 valence electrons. The van der Waals surface area contributed by atoms with Gasteiger partial charge in [-0.15, -0.1) is 0 Å². The molecule has 2 atom stereocenters. The Bertz CT molecular complexity index is 679. The van der Waals surface area contributed by atoms with Crippen LogP contribution in [-0.2, 0) is 14.8 Å². The molecule has 1 aliphatic rings. The topological polar surface area (TPSA) is 122 Å². The van der Waals surface area contributed by atoms with E-state index in [2.05, 4.69) is 23.8 Å². The number of hydrogen-bond acceptors (Lipinski definition) is 5. The smallest absolute Gasteiger partial charge is 0.335 e. The van der Waals surface area contributed by atoms with E-state index < -0.39 is 21.2 Å². The van der Waals surface area contributed by atoms with E-state index in [1.54, 1.807) is 31.5 Å². The predicted molar refractivity (Wildman–Crippen MR) is 105 cm³/mol. The molecule has 0 saturated carbocycles. The van der Waals surface area contributed by atoms with Crippen molar-refractivity contribution in [3.63, 3.8) is 0 Å². The molecule has 0 radical (unpaired) electrons. The lowest BCUT2D eigenvalue weighted by Crippen LogP contribution is -2.39. The van der Waals surface area contributed by atoms with Crippen LogP contribution in [0.15, 0.2) is 61.1 Å². The fraction of sp³-hybridized carbons (Fsp3) is 0.389. The highest BCUT2D eigenvalue weighted by atomic mass is 32.2. The first-order valence-corrected chi connectivity index (χ1v) is 9.86. The summed E-state index contributed by atoms with van der Waals surface area (Å²) in [6, 6.07) is 0. The van der Waals surface area contributed by atoms with Crippen LogP contribution in [0, 0.1) is 5.92 Å². The summed E-state index contributed by atoms with van der Waals surface area (Å²) in [5, 5.41) is 19.0. The van der Waals surface area contributed by atoms with E-state index in [-0.39, 0.29) is 11.5 Å². The molecule has 0 aromatic rings. The lowest BCUT2D eigenvalue weighted by molar-refractivity contribution is -0.132. The van der Waals surface area contributed by atoms with E-state index >= 15 is 0 Å². The van der Waals surface area contributed by atoms with Gasteiger partial charge in [0.05, 0.1) is 5.57 Å².